The van der Waals surface area contributed by atoms with Crippen molar-refractivity contribution in [2.24, 2.45) is 0 Å². The Morgan fingerprint density at radius 2 is 1.69 bits per heavy atom. The summed E-state index contributed by atoms with van der Waals surface area (Å²) in [6, 6.07) is 8.89. The van der Waals surface area contributed by atoms with E-state index in [0.717, 1.165) is 44.7 Å². The Hall–Kier alpha value is -2.67. The average Bonchev–Trinajstić information content (AvgIpc) is 3.05. The van der Waals surface area contributed by atoms with Crippen molar-refractivity contribution < 1.29 is 9.90 Å². The Bertz CT molecular complexity index is 747. The van der Waals surface area contributed by atoms with E-state index in [-0.39, 0.29) is 6.54 Å². The Morgan fingerprint density at radius 3 is 2.27 bits per heavy atom. The fourth-order valence-electron chi connectivity index (χ4n) is 3.76. The van der Waals surface area contributed by atoms with Crippen molar-refractivity contribution in [1.82, 2.24) is 14.9 Å². The summed E-state index contributed by atoms with van der Waals surface area (Å²) in [6.45, 7) is 3.18. The molecular weight excluding hydrogens is 330 g/mol. The van der Waals surface area contributed by atoms with E-state index < -0.39 is 5.97 Å². The van der Waals surface area contributed by atoms with E-state index in [1.165, 1.54) is 11.1 Å². The second kappa shape index (κ2) is 7.29. The number of hydrogen-bond acceptors (Lipinski definition) is 6. The van der Waals surface area contributed by atoms with Gasteiger partial charge in [-0.2, -0.15) is 0 Å². The first kappa shape index (κ1) is 16.8. The monoisotopic (exact) mass is 353 g/mol. The SMILES string of the molecule is O=C(O)CN1CCN(c2cnc(NC3Cc4ccccc4C3)nc2)CC1. The van der Waals surface area contributed by atoms with E-state index >= 15 is 0 Å². The minimum atomic E-state index is -0.772. The highest BCUT2D eigenvalue weighted by atomic mass is 16.4. The van der Waals surface area contributed by atoms with Gasteiger partial charge in [-0.25, -0.2) is 9.97 Å². The number of rotatable bonds is 5. The summed E-state index contributed by atoms with van der Waals surface area (Å²) in [4.78, 5) is 23.9. The lowest BCUT2D eigenvalue weighted by molar-refractivity contribution is -0.138. The molecule has 2 aliphatic rings. The van der Waals surface area contributed by atoms with Crippen molar-refractivity contribution in [1.29, 1.82) is 0 Å². The fraction of sp³-hybridized carbons (Fsp3) is 0.421. The quantitative estimate of drug-likeness (QED) is 0.837. The average molecular weight is 353 g/mol. The van der Waals surface area contributed by atoms with Gasteiger partial charge in [-0.3, -0.25) is 9.69 Å². The van der Waals surface area contributed by atoms with Crippen molar-refractivity contribution in [3.05, 3.63) is 47.8 Å². The van der Waals surface area contributed by atoms with Crippen molar-refractivity contribution in [2.75, 3.05) is 42.9 Å². The van der Waals surface area contributed by atoms with Crippen LogP contribution in [0.25, 0.3) is 0 Å². The summed E-state index contributed by atoms with van der Waals surface area (Å²) in [5.74, 6) is -0.109. The van der Waals surface area contributed by atoms with Crippen LogP contribution in [0.15, 0.2) is 36.7 Å². The minimum absolute atomic E-state index is 0.108. The number of nitrogens with zero attached hydrogens (tertiary/aromatic N) is 4. The van der Waals surface area contributed by atoms with Crippen LogP contribution in [0.1, 0.15) is 11.1 Å². The van der Waals surface area contributed by atoms with Crippen molar-refractivity contribution >= 4 is 17.6 Å². The van der Waals surface area contributed by atoms with Crippen LogP contribution in [0.3, 0.4) is 0 Å². The number of carbonyl (C=O) groups is 1. The molecule has 7 heteroatoms. The molecule has 0 atom stereocenters. The molecule has 1 fully saturated rings. The van der Waals surface area contributed by atoms with Crippen molar-refractivity contribution in [3.8, 4) is 0 Å². The lowest BCUT2D eigenvalue weighted by atomic mass is 10.1. The molecule has 1 aromatic heterocycles. The molecule has 0 spiro atoms. The van der Waals surface area contributed by atoms with E-state index in [2.05, 4.69) is 44.5 Å². The molecule has 0 saturated carbocycles. The zero-order valence-electron chi connectivity index (χ0n) is 14.6. The van der Waals surface area contributed by atoms with Crippen LogP contribution in [0.5, 0.6) is 0 Å². The van der Waals surface area contributed by atoms with Gasteiger partial charge in [-0.15, -0.1) is 0 Å². The molecule has 2 heterocycles. The molecule has 0 radical (unpaired) electrons. The lowest BCUT2D eigenvalue weighted by Gasteiger charge is -2.34. The molecule has 0 unspecified atom stereocenters. The van der Waals surface area contributed by atoms with Crippen LogP contribution >= 0.6 is 0 Å². The normalized spacial score (nSPS) is 17.9. The fourth-order valence-corrected chi connectivity index (χ4v) is 3.76. The summed E-state index contributed by atoms with van der Waals surface area (Å²) in [5.41, 5.74) is 3.79. The topological polar surface area (TPSA) is 81.6 Å². The van der Waals surface area contributed by atoms with E-state index in [4.69, 9.17) is 5.11 Å². The first-order chi connectivity index (χ1) is 12.7. The summed E-state index contributed by atoms with van der Waals surface area (Å²) < 4.78 is 0. The Labute approximate surface area is 152 Å². The highest BCUT2D eigenvalue weighted by Gasteiger charge is 2.22. The van der Waals surface area contributed by atoms with Crippen LogP contribution < -0.4 is 10.2 Å². The zero-order valence-corrected chi connectivity index (χ0v) is 14.6. The number of hydrogen-bond donors (Lipinski definition) is 2. The molecule has 1 saturated heterocycles. The third-order valence-corrected chi connectivity index (χ3v) is 5.12. The van der Waals surface area contributed by atoms with Crippen LogP contribution in [-0.4, -0.2) is 64.7 Å². The highest BCUT2D eigenvalue weighted by molar-refractivity contribution is 5.69. The molecule has 0 amide bonds. The molecule has 1 aliphatic heterocycles. The van der Waals surface area contributed by atoms with Crippen LogP contribution in [0.2, 0.25) is 0 Å². The van der Waals surface area contributed by atoms with Crippen LogP contribution in [0.4, 0.5) is 11.6 Å². The lowest BCUT2D eigenvalue weighted by Crippen LogP contribution is -2.48. The molecule has 7 nitrogen and oxygen atoms in total. The van der Waals surface area contributed by atoms with Gasteiger partial charge < -0.3 is 15.3 Å². The van der Waals surface area contributed by atoms with Gasteiger partial charge in [0.1, 0.15) is 0 Å². The number of carboxylic acids is 1. The molecular formula is C19H23N5O2. The number of aromatic nitrogens is 2. The summed E-state index contributed by atoms with van der Waals surface area (Å²) in [7, 11) is 0. The van der Waals surface area contributed by atoms with Gasteiger partial charge in [-0.1, -0.05) is 24.3 Å². The molecule has 26 heavy (non-hydrogen) atoms. The van der Waals surface area contributed by atoms with Gasteiger partial charge in [-0.05, 0) is 24.0 Å². The van der Waals surface area contributed by atoms with Gasteiger partial charge >= 0.3 is 5.97 Å². The number of fused-ring (bicyclic) bond motifs is 1. The van der Waals surface area contributed by atoms with Gasteiger partial charge in [0, 0.05) is 32.2 Å². The van der Waals surface area contributed by atoms with Gasteiger partial charge in [0.2, 0.25) is 5.95 Å². The van der Waals surface area contributed by atoms with Crippen molar-refractivity contribution in [3.63, 3.8) is 0 Å². The van der Waals surface area contributed by atoms with E-state index in [0.29, 0.717) is 12.0 Å². The number of benzene rings is 1. The molecule has 2 N–H and O–H groups in total. The summed E-state index contributed by atoms with van der Waals surface area (Å²) >= 11 is 0. The summed E-state index contributed by atoms with van der Waals surface area (Å²) in [6.07, 6.45) is 5.72. The number of anilines is 2. The predicted octanol–water partition coefficient (Wildman–Crippen LogP) is 1.26. The van der Waals surface area contributed by atoms with Gasteiger partial charge in [0.25, 0.3) is 0 Å². The predicted molar refractivity (Wildman–Crippen MR) is 99.6 cm³/mol. The molecule has 2 aromatic rings. The first-order valence-electron chi connectivity index (χ1n) is 9.02. The molecule has 1 aromatic carbocycles. The molecule has 136 valence electrons. The Morgan fingerprint density at radius 1 is 1.08 bits per heavy atom. The second-order valence-corrected chi connectivity index (χ2v) is 6.94. The standard InChI is InChI=1S/C19H23N5O2/c25-18(26)13-23-5-7-24(8-6-23)17-11-20-19(21-12-17)22-16-9-14-3-1-2-4-15(14)10-16/h1-4,11-12,16H,5-10,13H2,(H,25,26)(H,20,21,22). The number of aliphatic carboxylic acids is 1. The number of piperazine rings is 1. The second-order valence-electron chi connectivity index (χ2n) is 6.94. The zero-order chi connectivity index (χ0) is 17.9. The van der Waals surface area contributed by atoms with Crippen LogP contribution in [-0.2, 0) is 17.6 Å². The third kappa shape index (κ3) is 3.77. The van der Waals surface area contributed by atoms with Crippen molar-refractivity contribution in [2.45, 2.75) is 18.9 Å². The Kier molecular flexibility index (Phi) is 4.71. The maximum absolute atomic E-state index is 10.8. The van der Waals surface area contributed by atoms with Gasteiger partial charge in [0.15, 0.2) is 0 Å². The Balaban J connectivity index is 1.31. The molecule has 1 aliphatic carbocycles. The molecule has 0 bridgehead atoms. The summed E-state index contributed by atoms with van der Waals surface area (Å²) in [5, 5.41) is 12.3. The van der Waals surface area contributed by atoms with E-state index in [1.807, 2.05) is 17.3 Å². The van der Waals surface area contributed by atoms with Gasteiger partial charge in [0.05, 0.1) is 24.6 Å². The van der Waals surface area contributed by atoms with E-state index in [1.54, 1.807) is 0 Å². The molecule has 4 rings (SSSR count). The van der Waals surface area contributed by atoms with Crippen LogP contribution in [0, 0.1) is 0 Å². The number of carboxylic acid groups (broad SMARTS) is 1. The minimum Gasteiger partial charge on any atom is -0.480 e. The maximum Gasteiger partial charge on any atom is 0.317 e. The highest BCUT2D eigenvalue weighted by Crippen LogP contribution is 2.24. The van der Waals surface area contributed by atoms with E-state index in [9.17, 15) is 4.79 Å². The first-order valence-corrected chi connectivity index (χ1v) is 9.02. The third-order valence-electron chi connectivity index (χ3n) is 5.12. The smallest absolute Gasteiger partial charge is 0.317 e. The number of nitrogens with one attached hydrogen (secondary N) is 1. The largest absolute Gasteiger partial charge is 0.480 e. The maximum atomic E-state index is 10.8.